The summed E-state index contributed by atoms with van der Waals surface area (Å²) in [4.78, 5) is 12.6. The lowest BCUT2D eigenvalue weighted by atomic mass is 9.92. The maximum atomic E-state index is 13.7. The zero-order valence-electron chi connectivity index (χ0n) is 16.5. The molecule has 0 amide bonds. The SMILES string of the molecule is C#CC1(CC(=O)c2ccc(/C=C/C(c3cc(Cl)c(Cl)c(Cl)c3)C(F)(F)F)cc2C)CC1. The van der Waals surface area contributed by atoms with Gasteiger partial charge in [-0.2, -0.15) is 13.2 Å². The van der Waals surface area contributed by atoms with Crippen molar-refractivity contribution in [2.75, 3.05) is 0 Å². The normalized spacial score (nSPS) is 16.2. The monoisotopic (exact) mass is 484 g/mol. The number of Topliss-reactive ketones (excluding diaryl/α,β-unsaturated/α-hetero) is 1. The topological polar surface area (TPSA) is 17.1 Å². The number of hydrogen-bond donors (Lipinski definition) is 0. The molecule has 0 aliphatic heterocycles. The molecule has 1 aliphatic carbocycles. The first-order valence-corrected chi connectivity index (χ1v) is 10.6. The second-order valence-corrected chi connectivity index (χ2v) is 8.97. The molecule has 0 radical (unpaired) electrons. The van der Waals surface area contributed by atoms with Gasteiger partial charge in [-0.1, -0.05) is 71.1 Å². The van der Waals surface area contributed by atoms with Crippen molar-refractivity contribution in [2.24, 2.45) is 5.41 Å². The fourth-order valence-electron chi connectivity index (χ4n) is 3.40. The minimum Gasteiger partial charge on any atom is -0.294 e. The number of benzene rings is 2. The molecule has 1 fully saturated rings. The summed E-state index contributed by atoms with van der Waals surface area (Å²) < 4.78 is 41.1. The van der Waals surface area contributed by atoms with Gasteiger partial charge in [0.1, 0.15) is 0 Å². The van der Waals surface area contributed by atoms with Crippen molar-refractivity contribution in [3.05, 3.63) is 73.7 Å². The van der Waals surface area contributed by atoms with Gasteiger partial charge < -0.3 is 0 Å². The lowest BCUT2D eigenvalue weighted by Gasteiger charge is -2.18. The van der Waals surface area contributed by atoms with Crippen molar-refractivity contribution in [3.63, 3.8) is 0 Å². The Hall–Kier alpha value is -1.93. The molecule has 0 spiro atoms. The summed E-state index contributed by atoms with van der Waals surface area (Å²) in [6.07, 6.45) is 5.31. The quantitative estimate of drug-likeness (QED) is 0.228. The van der Waals surface area contributed by atoms with Gasteiger partial charge in [0.15, 0.2) is 5.78 Å². The van der Waals surface area contributed by atoms with Gasteiger partial charge in [-0.25, -0.2) is 0 Å². The smallest absolute Gasteiger partial charge is 0.294 e. The molecule has 1 unspecified atom stereocenters. The summed E-state index contributed by atoms with van der Waals surface area (Å²) >= 11 is 17.7. The molecule has 2 aromatic carbocycles. The number of rotatable bonds is 6. The second kappa shape index (κ2) is 8.90. The number of hydrogen-bond acceptors (Lipinski definition) is 1. The minimum absolute atomic E-state index is 0.00526. The third-order valence-corrected chi connectivity index (χ3v) is 6.61. The van der Waals surface area contributed by atoms with E-state index in [0.29, 0.717) is 16.7 Å². The molecule has 3 rings (SSSR count). The van der Waals surface area contributed by atoms with Crippen LogP contribution in [0, 0.1) is 24.7 Å². The Morgan fingerprint density at radius 3 is 2.29 bits per heavy atom. The molecule has 162 valence electrons. The first-order chi connectivity index (χ1) is 14.5. The van der Waals surface area contributed by atoms with Crippen molar-refractivity contribution >= 4 is 46.7 Å². The first kappa shape index (κ1) is 23.7. The van der Waals surface area contributed by atoms with E-state index in [4.69, 9.17) is 41.2 Å². The van der Waals surface area contributed by atoms with Crippen LogP contribution in [-0.4, -0.2) is 12.0 Å². The highest BCUT2D eigenvalue weighted by Gasteiger charge is 2.43. The number of carbonyl (C=O) groups is 1. The van der Waals surface area contributed by atoms with Crippen LogP contribution in [0.4, 0.5) is 13.2 Å². The van der Waals surface area contributed by atoms with E-state index in [1.165, 1.54) is 6.08 Å². The second-order valence-electron chi connectivity index (χ2n) is 7.78. The van der Waals surface area contributed by atoms with Gasteiger partial charge >= 0.3 is 6.18 Å². The number of allylic oxidation sites excluding steroid dienone is 1. The molecular formula is C24H18Cl3F3O. The third kappa shape index (κ3) is 5.47. The number of carbonyl (C=O) groups excluding carboxylic acids is 1. The fraction of sp³-hybridized carbons (Fsp3) is 0.292. The number of aryl methyl sites for hydroxylation is 1. The standard InChI is InChI=1S/C24H18Cl3F3O/c1-3-23(8-9-23)13-21(31)17-6-4-15(10-14(17)2)5-7-18(24(28,29)30)16-11-19(25)22(27)20(26)12-16/h1,4-7,10-12,18H,8-9,13H2,2H3/b7-5+. The Labute approximate surface area is 194 Å². The fourth-order valence-corrected chi connectivity index (χ4v) is 4.01. The predicted octanol–water partition coefficient (Wildman–Crippen LogP) is 8.30. The van der Waals surface area contributed by atoms with Crippen LogP contribution in [0.25, 0.3) is 6.08 Å². The van der Waals surface area contributed by atoms with E-state index in [1.807, 2.05) is 0 Å². The third-order valence-electron chi connectivity index (χ3n) is 5.41. The van der Waals surface area contributed by atoms with Crippen LogP contribution in [0.5, 0.6) is 0 Å². The maximum Gasteiger partial charge on any atom is 0.399 e. The van der Waals surface area contributed by atoms with E-state index >= 15 is 0 Å². The van der Waals surface area contributed by atoms with Crippen LogP contribution in [-0.2, 0) is 0 Å². The molecule has 31 heavy (non-hydrogen) atoms. The lowest BCUT2D eigenvalue weighted by Crippen LogP contribution is -2.19. The van der Waals surface area contributed by atoms with E-state index in [0.717, 1.165) is 31.1 Å². The Morgan fingerprint density at radius 1 is 1.19 bits per heavy atom. The Kier molecular flexibility index (Phi) is 6.81. The average molecular weight is 486 g/mol. The maximum absolute atomic E-state index is 13.7. The number of terminal acetylenes is 1. The molecule has 0 bridgehead atoms. The molecule has 1 nitrogen and oxygen atoms in total. The average Bonchev–Trinajstić information content (AvgIpc) is 3.45. The molecular weight excluding hydrogens is 468 g/mol. The van der Waals surface area contributed by atoms with Crippen molar-refractivity contribution in [1.82, 2.24) is 0 Å². The van der Waals surface area contributed by atoms with Gasteiger partial charge in [-0.15, -0.1) is 6.42 Å². The van der Waals surface area contributed by atoms with E-state index in [2.05, 4.69) is 5.92 Å². The van der Waals surface area contributed by atoms with E-state index in [9.17, 15) is 18.0 Å². The van der Waals surface area contributed by atoms with Gasteiger partial charge in [0.25, 0.3) is 0 Å². The summed E-state index contributed by atoms with van der Waals surface area (Å²) in [6.45, 7) is 1.75. The van der Waals surface area contributed by atoms with E-state index in [-0.39, 0.29) is 38.3 Å². The number of halogens is 6. The van der Waals surface area contributed by atoms with Crippen LogP contribution in [0.1, 0.15) is 52.2 Å². The van der Waals surface area contributed by atoms with Gasteiger partial charge in [0.2, 0.25) is 0 Å². The summed E-state index contributed by atoms with van der Waals surface area (Å²) in [5.74, 6) is 0.714. The molecule has 1 aliphatic rings. The Bertz CT molecular complexity index is 1070. The summed E-state index contributed by atoms with van der Waals surface area (Å²) in [5, 5.41) is -0.0949. The van der Waals surface area contributed by atoms with Crippen LogP contribution in [0.2, 0.25) is 15.1 Å². The highest BCUT2D eigenvalue weighted by Crippen LogP contribution is 2.48. The van der Waals surface area contributed by atoms with Crippen molar-refractivity contribution in [2.45, 2.75) is 38.3 Å². The Morgan fingerprint density at radius 2 is 1.81 bits per heavy atom. The Balaban J connectivity index is 1.85. The zero-order chi connectivity index (χ0) is 23.0. The van der Waals surface area contributed by atoms with Crippen LogP contribution in [0.3, 0.4) is 0 Å². The number of alkyl halides is 3. The molecule has 2 aromatic rings. The minimum atomic E-state index is -4.56. The molecule has 7 heteroatoms. The summed E-state index contributed by atoms with van der Waals surface area (Å²) in [6, 6.07) is 7.23. The largest absolute Gasteiger partial charge is 0.399 e. The van der Waals surface area contributed by atoms with Crippen molar-refractivity contribution in [1.29, 1.82) is 0 Å². The van der Waals surface area contributed by atoms with Crippen LogP contribution in [0.15, 0.2) is 36.4 Å². The van der Waals surface area contributed by atoms with Crippen LogP contribution >= 0.6 is 34.8 Å². The molecule has 0 saturated heterocycles. The molecule has 1 saturated carbocycles. The summed E-state index contributed by atoms with van der Waals surface area (Å²) in [7, 11) is 0. The van der Waals surface area contributed by atoms with Gasteiger partial charge in [0, 0.05) is 17.4 Å². The predicted molar refractivity (Wildman–Crippen MR) is 120 cm³/mol. The van der Waals surface area contributed by atoms with Crippen molar-refractivity contribution < 1.29 is 18.0 Å². The molecule has 0 heterocycles. The van der Waals surface area contributed by atoms with E-state index < -0.39 is 12.1 Å². The zero-order valence-corrected chi connectivity index (χ0v) is 18.8. The van der Waals surface area contributed by atoms with Crippen molar-refractivity contribution in [3.8, 4) is 12.3 Å². The van der Waals surface area contributed by atoms with E-state index in [1.54, 1.807) is 25.1 Å². The molecule has 0 N–H and O–H groups in total. The van der Waals surface area contributed by atoms with Gasteiger partial charge in [0.05, 0.1) is 21.0 Å². The lowest BCUT2D eigenvalue weighted by molar-refractivity contribution is -0.139. The van der Waals surface area contributed by atoms with Gasteiger partial charge in [-0.05, 0) is 48.6 Å². The summed E-state index contributed by atoms with van der Waals surface area (Å²) in [5.41, 5.74) is 1.30. The van der Waals surface area contributed by atoms with Crippen LogP contribution < -0.4 is 0 Å². The molecule has 1 atom stereocenters. The first-order valence-electron chi connectivity index (χ1n) is 9.47. The van der Waals surface area contributed by atoms with Gasteiger partial charge in [-0.3, -0.25) is 4.79 Å². The molecule has 0 aromatic heterocycles. The highest BCUT2D eigenvalue weighted by atomic mass is 35.5. The highest BCUT2D eigenvalue weighted by molar-refractivity contribution is 6.48. The number of ketones is 1.